The topological polar surface area (TPSA) is 41.1 Å². The third kappa shape index (κ3) is 12.1. The highest BCUT2D eigenvalue weighted by molar-refractivity contribution is 6.79. The lowest BCUT2D eigenvalue weighted by molar-refractivity contribution is -0.440. The van der Waals surface area contributed by atoms with Gasteiger partial charge in [0.25, 0.3) is 0 Å². The van der Waals surface area contributed by atoms with E-state index in [1.807, 2.05) is 5.32 Å². The summed E-state index contributed by atoms with van der Waals surface area (Å²) >= 11 is 0. The van der Waals surface area contributed by atoms with Crippen LogP contribution in [0, 0.1) is 0 Å². The predicted molar refractivity (Wildman–Crippen MR) is 183 cm³/mol. The summed E-state index contributed by atoms with van der Waals surface area (Å²) in [6.45, 7) is -2.14. The summed E-state index contributed by atoms with van der Waals surface area (Å²) in [4.78, 5) is 12.2. The fourth-order valence-electron chi connectivity index (χ4n) is 6.40. The van der Waals surface area contributed by atoms with Crippen molar-refractivity contribution in [1.29, 1.82) is 0 Å². The van der Waals surface area contributed by atoms with Crippen molar-refractivity contribution in [3.8, 4) is 0 Å². The SMILES string of the molecule is O=C(NCCC[Si](CCC(F)(F)C(F)(F)C(F)(F)C(F)(F)C(F)(F)C(F)(F)F)(CCC(F)(F)C(F)(F)C(F)(F)C(F)(F)C(F)(F)C(F)(F)F)CCC(F)(F)C(F)(F)C(F)(F)C(F)(F)C(F)(F)C(F)(F)F)NCc1ccccc1. The van der Waals surface area contributed by atoms with E-state index in [9.17, 15) is 150 Å². The van der Waals surface area contributed by atoms with Crippen LogP contribution < -0.4 is 10.6 Å². The van der Waals surface area contributed by atoms with Crippen molar-refractivity contribution in [2.45, 2.75) is 164 Å². The standard InChI is InChI=1S/C35H27F39N2OSi/c36-18(37,21(42,43)24(48,49)27(54,55)30(60,61)33(66,67)68)7-12-78(11-4-10-75-17(77)76-15-16-5-2-1-3-6-16,13-8-19(38,39)22(44,45)25(50,51)28(56,57)31(62,63)34(69,70)71)14-9-20(40,41)23(46,47)26(52,53)29(58,59)32(64,65)35(72,73)74/h1-3,5-6H,4,7-15H2,(H2,75,76,77). The summed E-state index contributed by atoms with van der Waals surface area (Å²) in [5.74, 6) is -128. The van der Waals surface area contributed by atoms with Crippen LogP contribution in [0.15, 0.2) is 30.3 Å². The van der Waals surface area contributed by atoms with Gasteiger partial charge in [-0.25, -0.2) is 4.79 Å². The lowest BCUT2D eigenvalue weighted by Gasteiger charge is -2.43. The Hall–Kier alpha value is -4.02. The zero-order chi connectivity index (χ0) is 62.7. The average molecular weight is 1260 g/mol. The van der Waals surface area contributed by atoms with Gasteiger partial charge in [0.2, 0.25) is 0 Å². The first-order valence-electron chi connectivity index (χ1n) is 19.8. The first-order valence-corrected chi connectivity index (χ1v) is 22.6. The normalized spacial score (nSPS) is 15.9. The Kier molecular flexibility index (Phi) is 19.7. The second-order valence-electron chi connectivity index (χ2n) is 16.7. The molecule has 1 rings (SSSR count). The molecule has 0 saturated carbocycles. The maximum atomic E-state index is 15.1. The van der Waals surface area contributed by atoms with Gasteiger partial charge in [0.15, 0.2) is 0 Å². The average Bonchev–Trinajstić information content (AvgIpc) is 3.25. The van der Waals surface area contributed by atoms with Gasteiger partial charge in [-0.1, -0.05) is 54.5 Å². The van der Waals surface area contributed by atoms with Gasteiger partial charge in [-0.2, -0.15) is 171 Å². The monoisotopic (exact) mass is 1260 g/mol. The smallest absolute Gasteiger partial charge is 0.338 e. The van der Waals surface area contributed by atoms with E-state index in [2.05, 4.69) is 0 Å². The van der Waals surface area contributed by atoms with Crippen LogP contribution in [0.1, 0.15) is 31.2 Å². The molecular weight excluding hydrogens is 1230 g/mol. The van der Waals surface area contributed by atoms with Crippen LogP contribution in [0.3, 0.4) is 0 Å². The molecule has 0 aliphatic heterocycles. The van der Waals surface area contributed by atoms with Gasteiger partial charge in [-0.3, -0.25) is 0 Å². The molecule has 0 aliphatic carbocycles. The maximum absolute atomic E-state index is 15.1. The Morgan fingerprint density at radius 2 is 0.564 bits per heavy atom. The molecule has 0 spiro atoms. The molecule has 0 saturated heterocycles. The molecule has 0 unspecified atom stereocenters. The molecule has 0 aromatic heterocycles. The minimum absolute atomic E-state index is 0.133. The van der Waals surface area contributed by atoms with Crippen molar-refractivity contribution in [1.82, 2.24) is 10.6 Å². The van der Waals surface area contributed by atoms with Crippen LogP contribution in [0.4, 0.5) is 176 Å². The van der Waals surface area contributed by atoms with Crippen LogP contribution >= 0.6 is 0 Å². The zero-order valence-corrected chi connectivity index (χ0v) is 37.6. The van der Waals surface area contributed by atoms with Crippen LogP contribution in [0.25, 0.3) is 0 Å². The summed E-state index contributed by atoms with van der Waals surface area (Å²) in [6, 6.07) is -7.45. The van der Waals surface area contributed by atoms with Crippen molar-refractivity contribution in [2.75, 3.05) is 6.54 Å². The van der Waals surface area contributed by atoms with Gasteiger partial charge < -0.3 is 10.6 Å². The minimum Gasteiger partial charge on any atom is -0.338 e. The van der Waals surface area contributed by atoms with E-state index in [4.69, 9.17) is 0 Å². The Labute approximate surface area is 407 Å². The Balaban J connectivity index is 4.36. The van der Waals surface area contributed by atoms with E-state index in [-0.39, 0.29) is 5.56 Å². The van der Waals surface area contributed by atoms with Crippen LogP contribution in [0.2, 0.25) is 24.2 Å². The highest BCUT2D eigenvalue weighted by Gasteiger charge is 2.93. The molecule has 0 bridgehead atoms. The Morgan fingerprint density at radius 1 is 0.321 bits per heavy atom. The Bertz CT molecular complexity index is 1970. The summed E-state index contributed by atoms with van der Waals surface area (Å²) < 4.78 is 543. The van der Waals surface area contributed by atoms with Gasteiger partial charge in [-0.05, 0) is 12.0 Å². The number of alkyl halides is 39. The van der Waals surface area contributed by atoms with Gasteiger partial charge in [0.1, 0.15) is 0 Å². The number of amides is 2. The second-order valence-corrected chi connectivity index (χ2v) is 21.7. The van der Waals surface area contributed by atoms with Crippen LogP contribution in [-0.2, 0) is 6.54 Å². The number of benzene rings is 1. The van der Waals surface area contributed by atoms with Gasteiger partial charge in [0, 0.05) is 32.4 Å². The molecule has 0 fully saturated rings. The zero-order valence-electron chi connectivity index (χ0n) is 36.6. The first kappa shape index (κ1) is 72.0. The van der Waals surface area contributed by atoms with Crippen molar-refractivity contribution in [3.05, 3.63) is 35.9 Å². The van der Waals surface area contributed by atoms with E-state index in [0.29, 0.717) is 0 Å². The molecule has 0 heterocycles. The molecule has 0 radical (unpaired) electrons. The molecule has 0 aliphatic rings. The molecule has 460 valence electrons. The number of nitrogens with one attached hydrogen (secondary N) is 2. The first-order chi connectivity index (χ1) is 33.8. The lowest BCUT2D eigenvalue weighted by atomic mass is 9.93. The van der Waals surface area contributed by atoms with E-state index >= 15 is 26.3 Å². The third-order valence-corrected chi connectivity index (χ3v) is 16.7. The number of halogens is 39. The van der Waals surface area contributed by atoms with E-state index < -0.39 is 184 Å². The lowest BCUT2D eigenvalue weighted by Crippen LogP contribution is -2.70. The fraction of sp³-hybridized carbons (Fsp3) is 0.800. The summed E-state index contributed by atoms with van der Waals surface area (Å²) in [5, 5.41) is 3.40. The minimum atomic E-state index is -8.90. The molecule has 1 aromatic carbocycles. The molecular formula is C35H27F39N2OSi. The van der Waals surface area contributed by atoms with E-state index in [0.717, 1.165) is 0 Å². The molecule has 2 N–H and O–H groups in total. The molecule has 2 amide bonds. The van der Waals surface area contributed by atoms with Crippen molar-refractivity contribution < 1.29 is 176 Å². The predicted octanol–water partition coefficient (Wildman–Crippen LogP) is 16.7. The van der Waals surface area contributed by atoms with Gasteiger partial charge in [0.05, 0.1) is 8.07 Å². The van der Waals surface area contributed by atoms with Crippen molar-refractivity contribution in [3.63, 3.8) is 0 Å². The highest BCUT2D eigenvalue weighted by Crippen LogP contribution is 2.65. The van der Waals surface area contributed by atoms with Gasteiger partial charge >= 0.3 is 113 Å². The summed E-state index contributed by atoms with van der Waals surface area (Å²) in [6.07, 6.45) is -38.4. The number of urea groups is 1. The third-order valence-electron chi connectivity index (χ3n) is 11.4. The maximum Gasteiger partial charge on any atom is 0.460 e. The Morgan fingerprint density at radius 3 is 0.808 bits per heavy atom. The highest BCUT2D eigenvalue weighted by atomic mass is 28.3. The fourth-order valence-corrected chi connectivity index (χ4v) is 11.4. The summed E-state index contributed by atoms with van der Waals surface area (Å²) in [7, 11) is -6.91. The number of hydrogen-bond donors (Lipinski definition) is 2. The van der Waals surface area contributed by atoms with Crippen molar-refractivity contribution in [2.24, 2.45) is 0 Å². The van der Waals surface area contributed by atoms with Gasteiger partial charge in [-0.15, -0.1) is 0 Å². The molecule has 78 heavy (non-hydrogen) atoms. The largest absolute Gasteiger partial charge is 0.460 e. The van der Waals surface area contributed by atoms with E-state index in [1.54, 1.807) is 0 Å². The number of carbonyl (C=O) groups is 1. The number of hydrogen-bond acceptors (Lipinski definition) is 1. The molecule has 0 atom stereocenters. The molecule has 43 heteroatoms. The van der Waals surface area contributed by atoms with Crippen molar-refractivity contribution >= 4 is 14.1 Å². The van der Waals surface area contributed by atoms with E-state index in [1.165, 1.54) is 35.6 Å². The molecule has 3 nitrogen and oxygen atoms in total. The van der Waals surface area contributed by atoms with Crippen LogP contribution in [-0.4, -0.2) is 128 Å². The number of carbonyl (C=O) groups excluding carboxylic acids is 1. The second kappa shape index (κ2) is 21.4. The molecule has 1 aromatic rings. The summed E-state index contributed by atoms with van der Waals surface area (Å²) in [5.41, 5.74) is 0.133. The number of rotatable bonds is 27. The van der Waals surface area contributed by atoms with Crippen LogP contribution in [0.5, 0.6) is 0 Å². The quantitative estimate of drug-likeness (QED) is 0.0514.